The van der Waals surface area contributed by atoms with Gasteiger partial charge in [-0.1, -0.05) is 34.1 Å². The van der Waals surface area contributed by atoms with Gasteiger partial charge in [0.15, 0.2) is 0 Å². The van der Waals surface area contributed by atoms with Gasteiger partial charge in [-0.2, -0.15) is 0 Å². The zero-order chi connectivity index (χ0) is 19.6. The van der Waals surface area contributed by atoms with Crippen LogP contribution in [-0.2, 0) is 19.7 Å². The summed E-state index contributed by atoms with van der Waals surface area (Å²) < 4.78 is 11.5. The molecule has 2 aliphatic heterocycles. The molecule has 2 heterocycles. The molecule has 2 aromatic carbocycles. The molecule has 2 aromatic rings. The van der Waals surface area contributed by atoms with Crippen LogP contribution < -0.4 is 10.2 Å². The smallest absolute Gasteiger partial charge is 0.414 e. The van der Waals surface area contributed by atoms with Gasteiger partial charge in [0.1, 0.15) is 6.61 Å². The summed E-state index contributed by atoms with van der Waals surface area (Å²) in [6.07, 6.45) is 0.885. The average Bonchev–Trinajstić information content (AvgIpc) is 3.15. The van der Waals surface area contributed by atoms with Crippen molar-refractivity contribution < 1.29 is 19.1 Å². The maximum atomic E-state index is 13.4. The minimum Gasteiger partial charge on any atom is -0.447 e. The topological polar surface area (TPSA) is 67.9 Å². The Kier molecular flexibility index (Phi) is 5.37. The Hall–Kier alpha value is -2.38. The number of ether oxygens (including phenoxy) is 2. The van der Waals surface area contributed by atoms with Crippen molar-refractivity contribution in [1.82, 2.24) is 0 Å². The Morgan fingerprint density at radius 3 is 2.50 bits per heavy atom. The maximum Gasteiger partial charge on any atom is 0.414 e. The number of hydrogen-bond donors (Lipinski definition) is 1. The molecule has 146 valence electrons. The Bertz CT molecular complexity index is 878. The van der Waals surface area contributed by atoms with E-state index in [2.05, 4.69) is 21.2 Å². The molecule has 4 rings (SSSR count). The third kappa shape index (κ3) is 3.64. The Labute approximate surface area is 171 Å². The Morgan fingerprint density at radius 2 is 1.82 bits per heavy atom. The van der Waals surface area contributed by atoms with Gasteiger partial charge >= 0.3 is 6.09 Å². The largest absolute Gasteiger partial charge is 0.447 e. The Balaban J connectivity index is 1.60. The molecule has 0 unspecified atom stereocenters. The number of benzene rings is 2. The van der Waals surface area contributed by atoms with Gasteiger partial charge in [0, 0.05) is 29.1 Å². The minimum absolute atomic E-state index is 0.0562. The third-order valence-electron chi connectivity index (χ3n) is 5.35. The second-order valence-corrected chi connectivity index (χ2v) is 7.89. The van der Waals surface area contributed by atoms with Crippen molar-refractivity contribution in [3.05, 3.63) is 58.6 Å². The number of hydrogen-bond acceptors (Lipinski definition) is 4. The molecule has 0 spiro atoms. The molecule has 0 radical (unpaired) electrons. The fourth-order valence-corrected chi connectivity index (χ4v) is 4.03. The summed E-state index contributed by atoms with van der Waals surface area (Å²) in [5, 5.41) is 3.06. The highest BCUT2D eigenvalue weighted by Crippen LogP contribution is 2.37. The van der Waals surface area contributed by atoms with Crippen LogP contribution in [0.1, 0.15) is 18.4 Å². The molecule has 28 heavy (non-hydrogen) atoms. The lowest BCUT2D eigenvalue weighted by molar-refractivity contribution is -0.125. The number of cyclic esters (lactones) is 1. The monoisotopic (exact) mass is 444 g/mol. The maximum absolute atomic E-state index is 13.4. The average molecular weight is 445 g/mol. The van der Waals surface area contributed by atoms with E-state index in [1.165, 1.54) is 0 Å². The molecule has 6 nitrogen and oxygen atoms in total. The van der Waals surface area contributed by atoms with E-state index in [0.717, 1.165) is 10.0 Å². The van der Waals surface area contributed by atoms with Gasteiger partial charge in [-0.15, -0.1) is 0 Å². The molecule has 7 heteroatoms. The van der Waals surface area contributed by atoms with Crippen LogP contribution in [0.15, 0.2) is 53.0 Å². The lowest BCUT2D eigenvalue weighted by Gasteiger charge is -2.36. The predicted octanol–water partition coefficient (Wildman–Crippen LogP) is 4.09. The van der Waals surface area contributed by atoms with Crippen LogP contribution in [0.2, 0.25) is 0 Å². The standard InChI is InChI=1S/C21H21BrN2O4/c22-16-6-4-15(5-7-16)21(8-11-27-12-9-21)19(25)23-17-2-1-3-18(14-17)24-10-13-28-20(24)26/h1-7,14H,8-13H2,(H,23,25). The quantitative estimate of drug-likeness (QED) is 0.770. The van der Waals surface area contributed by atoms with Crippen molar-refractivity contribution in [2.45, 2.75) is 18.3 Å². The fourth-order valence-electron chi connectivity index (χ4n) is 3.77. The summed E-state index contributed by atoms with van der Waals surface area (Å²) in [7, 11) is 0. The van der Waals surface area contributed by atoms with E-state index in [0.29, 0.717) is 50.6 Å². The van der Waals surface area contributed by atoms with E-state index in [-0.39, 0.29) is 12.0 Å². The van der Waals surface area contributed by atoms with Gasteiger partial charge < -0.3 is 14.8 Å². The van der Waals surface area contributed by atoms with Crippen molar-refractivity contribution in [3.8, 4) is 0 Å². The highest BCUT2D eigenvalue weighted by Gasteiger charge is 2.41. The summed E-state index contributed by atoms with van der Waals surface area (Å²) in [4.78, 5) is 26.8. The van der Waals surface area contributed by atoms with Crippen LogP contribution in [0.5, 0.6) is 0 Å². The molecule has 1 N–H and O–H groups in total. The highest BCUT2D eigenvalue weighted by atomic mass is 79.9. The number of nitrogens with zero attached hydrogens (tertiary/aromatic N) is 1. The number of halogens is 1. The van der Waals surface area contributed by atoms with Crippen LogP contribution in [0.25, 0.3) is 0 Å². The van der Waals surface area contributed by atoms with Crippen molar-refractivity contribution in [1.29, 1.82) is 0 Å². The van der Waals surface area contributed by atoms with E-state index in [4.69, 9.17) is 9.47 Å². The molecule has 0 atom stereocenters. The van der Waals surface area contributed by atoms with Gasteiger partial charge in [0.2, 0.25) is 5.91 Å². The molecular weight excluding hydrogens is 424 g/mol. The minimum atomic E-state index is -0.637. The van der Waals surface area contributed by atoms with Crippen molar-refractivity contribution in [2.75, 3.05) is 36.6 Å². The molecule has 0 saturated carbocycles. The molecule has 0 bridgehead atoms. The lowest BCUT2D eigenvalue weighted by atomic mass is 9.73. The molecule has 2 aliphatic rings. The second-order valence-electron chi connectivity index (χ2n) is 6.97. The van der Waals surface area contributed by atoms with Gasteiger partial charge in [0.25, 0.3) is 0 Å². The second kappa shape index (κ2) is 7.93. The van der Waals surface area contributed by atoms with Crippen LogP contribution in [0.3, 0.4) is 0 Å². The van der Waals surface area contributed by atoms with Crippen molar-refractivity contribution >= 4 is 39.3 Å². The summed E-state index contributed by atoms with van der Waals surface area (Å²) in [6, 6.07) is 15.2. The van der Waals surface area contributed by atoms with Gasteiger partial charge in [0.05, 0.1) is 12.0 Å². The number of carbonyl (C=O) groups is 2. The first kappa shape index (κ1) is 19.0. The molecule has 0 aromatic heterocycles. The normalized spacial score (nSPS) is 18.6. The number of carbonyl (C=O) groups excluding carboxylic acids is 2. The summed E-state index contributed by atoms with van der Waals surface area (Å²) in [5.74, 6) is -0.0562. The van der Waals surface area contributed by atoms with Crippen molar-refractivity contribution in [2.24, 2.45) is 0 Å². The molecule has 0 aliphatic carbocycles. The first-order valence-corrected chi connectivity index (χ1v) is 10.1. The van der Waals surface area contributed by atoms with E-state index >= 15 is 0 Å². The Morgan fingerprint density at radius 1 is 1.07 bits per heavy atom. The zero-order valence-corrected chi connectivity index (χ0v) is 16.9. The predicted molar refractivity (Wildman–Crippen MR) is 110 cm³/mol. The fraction of sp³-hybridized carbons (Fsp3) is 0.333. The summed E-state index contributed by atoms with van der Waals surface area (Å²) in [5.41, 5.74) is 1.72. The molecule has 2 saturated heterocycles. The molecular formula is C21H21BrN2O4. The van der Waals surface area contributed by atoms with Crippen LogP contribution >= 0.6 is 15.9 Å². The van der Waals surface area contributed by atoms with E-state index in [9.17, 15) is 9.59 Å². The van der Waals surface area contributed by atoms with E-state index in [1.807, 2.05) is 42.5 Å². The van der Waals surface area contributed by atoms with Gasteiger partial charge in [-0.05, 0) is 48.7 Å². The van der Waals surface area contributed by atoms with Gasteiger partial charge in [-0.25, -0.2) is 4.79 Å². The number of nitrogens with one attached hydrogen (secondary N) is 1. The SMILES string of the molecule is O=C1OCCN1c1cccc(NC(=O)C2(c3ccc(Br)cc3)CCOCC2)c1. The first-order chi connectivity index (χ1) is 13.6. The van der Waals surface area contributed by atoms with Crippen molar-refractivity contribution in [3.63, 3.8) is 0 Å². The summed E-state index contributed by atoms with van der Waals surface area (Å²) >= 11 is 3.46. The van der Waals surface area contributed by atoms with Crippen LogP contribution in [0.4, 0.5) is 16.2 Å². The molecule has 2 amide bonds. The lowest BCUT2D eigenvalue weighted by Crippen LogP contribution is -2.44. The first-order valence-electron chi connectivity index (χ1n) is 9.28. The molecule has 2 fully saturated rings. The number of amides is 2. The highest BCUT2D eigenvalue weighted by molar-refractivity contribution is 9.10. The summed E-state index contributed by atoms with van der Waals surface area (Å²) in [6.45, 7) is 1.98. The number of rotatable bonds is 4. The van der Waals surface area contributed by atoms with E-state index in [1.54, 1.807) is 11.0 Å². The zero-order valence-electron chi connectivity index (χ0n) is 15.3. The number of anilines is 2. The van der Waals surface area contributed by atoms with E-state index < -0.39 is 5.41 Å². The van der Waals surface area contributed by atoms with Gasteiger partial charge in [-0.3, -0.25) is 9.69 Å². The third-order valence-corrected chi connectivity index (χ3v) is 5.88. The van der Waals surface area contributed by atoms with Crippen LogP contribution in [-0.4, -0.2) is 38.4 Å². The van der Waals surface area contributed by atoms with Crippen LogP contribution in [0, 0.1) is 0 Å².